The second-order valence-electron chi connectivity index (χ2n) is 4.17. The summed E-state index contributed by atoms with van der Waals surface area (Å²) in [7, 11) is 0. The van der Waals surface area contributed by atoms with Crippen molar-refractivity contribution in [3.8, 4) is 0 Å². The molecule has 76 valence electrons. The van der Waals surface area contributed by atoms with Crippen LogP contribution in [0.15, 0.2) is 42.0 Å². The van der Waals surface area contributed by atoms with E-state index in [1.54, 1.807) is 0 Å². The molecular formula is C14H13F. The minimum atomic E-state index is -0.278. The fraction of sp³-hybridized carbons (Fsp3) is 0.286. The molecule has 0 saturated carbocycles. The van der Waals surface area contributed by atoms with Crippen LogP contribution in [0.4, 0.5) is 4.39 Å². The highest BCUT2D eigenvalue weighted by molar-refractivity contribution is 5.81. The van der Waals surface area contributed by atoms with Crippen molar-refractivity contribution in [3.05, 3.63) is 53.1 Å². The molecule has 1 aromatic rings. The molecule has 0 heterocycles. The van der Waals surface area contributed by atoms with Crippen molar-refractivity contribution >= 4 is 5.57 Å². The zero-order chi connectivity index (χ0) is 10.3. The van der Waals surface area contributed by atoms with Gasteiger partial charge < -0.3 is 0 Å². The molecule has 2 aliphatic carbocycles. The van der Waals surface area contributed by atoms with Gasteiger partial charge in [0.25, 0.3) is 0 Å². The smallest absolute Gasteiger partial charge is 0.100 e. The monoisotopic (exact) mass is 200 g/mol. The summed E-state index contributed by atoms with van der Waals surface area (Å²) in [5.41, 5.74) is 5.04. The zero-order valence-corrected chi connectivity index (χ0v) is 8.54. The van der Waals surface area contributed by atoms with E-state index in [1.807, 2.05) is 12.1 Å². The molecule has 15 heavy (non-hydrogen) atoms. The third-order valence-corrected chi connectivity index (χ3v) is 3.40. The third-order valence-electron chi connectivity index (χ3n) is 3.40. The van der Waals surface area contributed by atoms with Crippen LogP contribution in [0.5, 0.6) is 0 Å². The zero-order valence-electron chi connectivity index (χ0n) is 8.54. The predicted octanol–water partition coefficient (Wildman–Crippen LogP) is 3.86. The second-order valence-corrected chi connectivity index (χ2v) is 4.17. The van der Waals surface area contributed by atoms with E-state index in [2.05, 4.69) is 24.3 Å². The largest absolute Gasteiger partial charge is 0.250 e. The summed E-state index contributed by atoms with van der Waals surface area (Å²) in [6.45, 7) is -0.278. The number of rotatable bonds is 1. The lowest BCUT2D eigenvalue weighted by Crippen LogP contribution is -2.00. The first-order valence-corrected chi connectivity index (χ1v) is 5.46. The molecule has 1 aromatic carbocycles. The van der Waals surface area contributed by atoms with Crippen LogP contribution in [0.3, 0.4) is 0 Å². The molecule has 1 atom stereocenters. The van der Waals surface area contributed by atoms with Gasteiger partial charge in [-0.3, -0.25) is 4.39 Å². The van der Waals surface area contributed by atoms with E-state index in [0.717, 1.165) is 12.8 Å². The van der Waals surface area contributed by atoms with E-state index in [-0.39, 0.29) is 12.6 Å². The number of hydrogen-bond donors (Lipinski definition) is 0. The number of benzene rings is 1. The van der Waals surface area contributed by atoms with Crippen LogP contribution in [0.1, 0.15) is 29.9 Å². The molecule has 0 fully saturated rings. The fourth-order valence-electron chi connectivity index (χ4n) is 2.71. The van der Waals surface area contributed by atoms with Crippen molar-refractivity contribution in [2.24, 2.45) is 0 Å². The number of halogens is 1. The van der Waals surface area contributed by atoms with Crippen LogP contribution in [-0.4, -0.2) is 6.67 Å². The first kappa shape index (κ1) is 8.90. The topological polar surface area (TPSA) is 0 Å². The Kier molecular flexibility index (Phi) is 1.98. The molecule has 0 aliphatic heterocycles. The maximum Gasteiger partial charge on any atom is 0.100 e. The molecule has 0 N–H and O–H groups in total. The Labute approximate surface area is 89.1 Å². The molecule has 1 unspecified atom stereocenters. The van der Waals surface area contributed by atoms with Crippen molar-refractivity contribution in [1.29, 1.82) is 0 Å². The molecule has 0 amide bonds. The summed E-state index contributed by atoms with van der Waals surface area (Å²) in [5, 5.41) is 0. The van der Waals surface area contributed by atoms with E-state index < -0.39 is 0 Å². The van der Waals surface area contributed by atoms with Crippen LogP contribution in [0, 0.1) is 0 Å². The quantitative estimate of drug-likeness (QED) is 0.645. The van der Waals surface area contributed by atoms with Crippen LogP contribution in [-0.2, 0) is 0 Å². The van der Waals surface area contributed by atoms with Crippen LogP contribution in [0.25, 0.3) is 5.57 Å². The van der Waals surface area contributed by atoms with Gasteiger partial charge in [0.1, 0.15) is 6.67 Å². The van der Waals surface area contributed by atoms with E-state index in [4.69, 9.17) is 0 Å². The SMILES string of the molecule is FCC1C2=C(CCC=C2)c2ccccc21. The third kappa shape index (κ3) is 1.19. The summed E-state index contributed by atoms with van der Waals surface area (Å²) in [6.07, 6.45) is 6.43. The summed E-state index contributed by atoms with van der Waals surface area (Å²) >= 11 is 0. The Morgan fingerprint density at radius 1 is 1.27 bits per heavy atom. The minimum absolute atomic E-state index is 0.00671. The molecule has 0 bridgehead atoms. The van der Waals surface area contributed by atoms with Crippen molar-refractivity contribution < 1.29 is 4.39 Å². The maximum absolute atomic E-state index is 13.1. The summed E-state index contributed by atoms with van der Waals surface area (Å²) in [5.74, 6) is -0.00671. The Morgan fingerprint density at radius 2 is 2.13 bits per heavy atom. The number of fused-ring (bicyclic) bond motifs is 2. The van der Waals surface area contributed by atoms with Gasteiger partial charge in [-0.15, -0.1) is 0 Å². The summed E-state index contributed by atoms with van der Waals surface area (Å²) in [6, 6.07) is 8.23. The van der Waals surface area contributed by atoms with Crippen LogP contribution < -0.4 is 0 Å². The van der Waals surface area contributed by atoms with Gasteiger partial charge in [-0.05, 0) is 35.1 Å². The molecule has 0 radical (unpaired) electrons. The van der Waals surface area contributed by atoms with Gasteiger partial charge in [0, 0.05) is 5.92 Å². The van der Waals surface area contributed by atoms with Gasteiger partial charge in [0.2, 0.25) is 0 Å². The molecule has 0 aromatic heterocycles. The number of alkyl halides is 1. The predicted molar refractivity (Wildman–Crippen MR) is 60.5 cm³/mol. The highest BCUT2D eigenvalue weighted by atomic mass is 19.1. The second kappa shape index (κ2) is 3.34. The maximum atomic E-state index is 13.1. The average Bonchev–Trinajstić information content (AvgIpc) is 2.63. The molecule has 0 saturated heterocycles. The molecule has 3 rings (SSSR count). The highest BCUT2D eigenvalue weighted by Gasteiger charge is 2.29. The van der Waals surface area contributed by atoms with E-state index >= 15 is 0 Å². The Balaban J connectivity index is 2.20. The van der Waals surface area contributed by atoms with Gasteiger partial charge >= 0.3 is 0 Å². The normalized spacial score (nSPS) is 22.9. The van der Waals surface area contributed by atoms with E-state index in [9.17, 15) is 4.39 Å². The first-order chi connectivity index (χ1) is 7.42. The minimum Gasteiger partial charge on any atom is -0.250 e. The molecule has 1 heteroatoms. The van der Waals surface area contributed by atoms with Crippen LogP contribution >= 0.6 is 0 Å². The number of allylic oxidation sites excluding steroid dienone is 4. The molecular weight excluding hydrogens is 187 g/mol. The van der Waals surface area contributed by atoms with Gasteiger partial charge in [0.15, 0.2) is 0 Å². The summed E-state index contributed by atoms with van der Waals surface area (Å²) < 4.78 is 13.1. The fourth-order valence-corrected chi connectivity index (χ4v) is 2.71. The first-order valence-electron chi connectivity index (χ1n) is 5.46. The van der Waals surface area contributed by atoms with Gasteiger partial charge in [-0.1, -0.05) is 36.4 Å². The lowest BCUT2D eigenvalue weighted by atomic mass is 9.94. The highest BCUT2D eigenvalue weighted by Crippen LogP contribution is 2.46. The molecule has 0 nitrogen and oxygen atoms in total. The van der Waals surface area contributed by atoms with Gasteiger partial charge in [-0.25, -0.2) is 0 Å². The van der Waals surface area contributed by atoms with E-state index in [1.165, 1.54) is 22.3 Å². The number of hydrogen-bond acceptors (Lipinski definition) is 0. The lowest BCUT2D eigenvalue weighted by Gasteiger charge is -2.12. The summed E-state index contributed by atoms with van der Waals surface area (Å²) in [4.78, 5) is 0. The van der Waals surface area contributed by atoms with Crippen LogP contribution in [0.2, 0.25) is 0 Å². The Bertz CT molecular complexity index is 454. The van der Waals surface area contributed by atoms with Gasteiger partial charge in [-0.2, -0.15) is 0 Å². The standard InChI is InChI=1S/C14H13F/c15-9-14-12-7-3-1-5-10(12)11-6-2-4-8-13(11)14/h1,3-5,7-8,14H,2,6,9H2. The van der Waals surface area contributed by atoms with Gasteiger partial charge in [0.05, 0.1) is 0 Å². The van der Waals surface area contributed by atoms with Crippen molar-refractivity contribution in [2.45, 2.75) is 18.8 Å². The van der Waals surface area contributed by atoms with Crippen molar-refractivity contribution in [3.63, 3.8) is 0 Å². The molecule has 0 spiro atoms. The average molecular weight is 200 g/mol. The lowest BCUT2D eigenvalue weighted by molar-refractivity contribution is 0.463. The Morgan fingerprint density at radius 3 is 3.00 bits per heavy atom. The molecule has 2 aliphatic rings. The van der Waals surface area contributed by atoms with E-state index in [0.29, 0.717) is 0 Å². The van der Waals surface area contributed by atoms with Crippen molar-refractivity contribution in [1.82, 2.24) is 0 Å². The van der Waals surface area contributed by atoms with Crippen molar-refractivity contribution in [2.75, 3.05) is 6.67 Å². The Hall–Kier alpha value is -1.37.